The lowest BCUT2D eigenvalue weighted by Crippen LogP contribution is -2.04. The van der Waals surface area contributed by atoms with E-state index in [2.05, 4.69) is 9.97 Å². The van der Waals surface area contributed by atoms with Crippen LogP contribution < -0.4 is 14.2 Å². The lowest BCUT2D eigenvalue weighted by molar-refractivity contribution is 0.103. The molecule has 4 aromatic rings. The Bertz CT molecular complexity index is 1130. The number of carbonyl (C=O) groups is 1. The highest BCUT2D eigenvalue weighted by atomic mass is 16.5. The number of benzene rings is 2. The van der Waals surface area contributed by atoms with E-state index in [1.165, 1.54) is 27.6 Å². The van der Waals surface area contributed by atoms with Gasteiger partial charge in [-0.15, -0.1) is 0 Å². The normalized spacial score (nSPS) is 10.8. The molecule has 0 amide bonds. The van der Waals surface area contributed by atoms with Gasteiger partial charge in [-0.25, -0.2) is 4.98 Å². The predicted octanol–water partition coefficient (Wildman–Crippen LogP) is 4.08. The Balaban J connectivity index is 1.69. The highest BCUT2D eigenvalue weighted by molar-refractivity contribution is 6.08. The zero-order valence-corrected chi connectivity index (χ0v) is 15.6. The maximum absolute atomic E-state index is 12.9. The van der Waals surface area contributed by atoms with Crippen LogP contribution in [0, 0.1) is 0 Å². The average Bonchev–Trinajstić information content (AvgIpc) is 3.40. The van der Waals surface area contributed by atoms with Gasteiger partial charge >= 0.3 is 0 Å². The maximum atomic E-state index is 12.9. The fourth-order valence-corrected chi connectivity index (χ4v) is 3.06. The van der Waals surface area contributed by atoms with Crippen molar-refractivity contribution in [1.82, 2.24) is 9.97 Å². The van der Waals surface area contributed by atoms with Crippen LogP contribution in [-0.2, 0) is 0 Å². The van der Waals surface area contributed by atoms with E-state index in [0.717, 1.165) is 16.5 Å². The summed E-state index contributed by atoms with van der Waals surface area (Å²) in [5.41, 5.74) is 2.36. The van der Waals surface area contributed by atoms with Crippen LogP contribution >= 0.6 is 0 Å². The molecule has 0 unspecified atom stereocenters. The number of aromatic amines is 1. The quantitative estimate of drug-likeness (QED) is 0.509. The summed E-state index contributed by atoms with van der Waals surface area (Å²) in [5, 5.41) is 1.04. The fraction of sp³-hybridized carbons (Fsp3) is 0.143. The number of rotatable bonds is 6. The number of nitrogens with zero attached hydrogens (tertiary/aromatic N) is 1. The van der Waals surface area contributed by atoms with E-state index in [1.54, 1.807) is 12.1 Å². The summed E-state index contributed by atoms with van der Waals surface area (Å²) in [7, 11) is 4.50. The Labute approximate surface area is 160 Å². The molecule has 2 aromatic carbocycles. The maximum Gasteiger partial charge on any atom is 0.226 e. The molecule has 0 saturated heterocycles. The number of ether oxygens (including phenoxy) is 3. The van der Waals surface area contributed by atoms with Crippen molar-refractivity contribution >= 4 is 16.7 Å². The smallest absolute Gasteiger partial charge is 0.226 e. The van der Waals surface area contributed by atoms with Crippen LogP contribution in [0.2, 0.25) is 0 Å². The van der Waals surface area contributed by atoms with Crippen LogP contribution in [0.3, 0.4) is 0 Å². The Hall–Kier alpha value is -3.74. The van der Waals surface area contributed by atoms with Crippen molar-refractivity contribution in [3.63, 3.8) is 0 Å². The van der Waals surface area contributed by atoms with Gasteiger partial charge in [0.15, 0.2) is 17.2 Å². The number of methoxy groups -OCH3 is 3. The van der Waals surface area contributed by atoms with Gasteiger partial charge in [-0.3, -0.25) is 4.79 Å². The number of carbonyl (C=O) groups excluding carboxylic acids is 1. The van der Waals surface area contributed by atoms with E-state index in [9.17, 15) is 4.79 Å². The van der Waals surface area contributed by atoms with Gasteiger partial charge in [0.1, 0.15) is 6.26 Å². The molecule has 0 aliphatic carbocycles. The molecule has 0 aliphatic heterocycles. The topological polar surface area (TPSA) is 86.6 Å². The zero-order valence-electron chi connectivity index (χ0n) is 15.6. The van der Waals surface area contributed by atoms with E-state index in [0.29, 0.717) is 28.7 Å². The monoisotopic (exact) mass is 378 g/mol. The van der Waals surface area contributed by atoms with Gasteiger partial charge in [-0.2, -0.15) is 0 Å². The van der Waals surface area contributed by atoms with Gasteiger partial charge in [-0.05, 0) is 36.4 Å². The molecule has 7 heteroatoms. The number of ketones is 1. The lowest BCUT2D eigenvalue weighted by atomic mass is 10.1. The largest absolute Gasteiger partial charge is 0.493 e. The van der Waals surface area contributed by atoms with E-state index in [1.807, 2.05) is 30.5 Å². The summed E-state index contributed by atoms with van der Waals surface area (Å²) in [6, 6.07) is 10.9. The number of hydrogen-bond acceptors (Lipinski definition) is 6. The highest BCUT2D eigenvalue weighted by Gasteiger charge is 2.21. The summed E-state index contributed by atoms with van der Waals surface area (Å²) in [6.45, 7) is 0. The Morgan fingerprint density at radius 3 is 2.43 bits per heavy atom. The molecule has 0 radical (unpaired) electrons. The SMILES string of the molecule is COc1cc(C(=O)c2coc(-c3ccc4[nH]ccc4c3)n2)cc(OC)c1OC. The first-order chi connectivity index (χ1) is 13.6. The molecule has 142 valence electrons. The standard InChI is InChI=1S/C21H18N2O5/c1-25-17-9-14(10-18(26-2)20(17)27-3)19(24)16-11-28-21(23-16)13-4-5-15-12(8-13)6-7-22-15/h4-11,22H,1-3H3. The minimum atomic E-state index is -0.308. The third kappa shape index (κ3) is 2.96. The summed E-state index contributed by atoms with van der Waals surface area (Å²) >= 11 is 0. The summed E-state index contributed by atoms with van der Waals surface area (Å²) in [5.74, 6) is 1.27. The van der Waals surface area contributed by atoms with E-state index < -0.39 is 0 Å². The summed E-state index contributed by atoms with van der Waals surface area (Å²) in [4.78, 5) is 20.4. The van der Waals surface area contributed by atoms with Crippen molar-refractivity contribution in [3.05, 3.63) is 60.1 Å². The summed E-state index contributed by atoms with van der Waals surface area (Å²) < 4.78 is 21.5. The van der Waals surface area contributed by atoms with Gasteiger partial charge < -0.3 is 23.6 Å². The number of hydrogen-bond donors (Lipinski definition) is 1. The third-order valence-corrected chi connectivity index (χ3v) is 4.46. The van der Waals surface area contributed by atoms with Crippen molar-refractivity contribution in [2.75, 3.05) is 21.3 Å². The number of nitrogens with one attached hydrogen (secondary N) is 1. The molecule has 0 fully saturated rings. The molecule has 0 bridgehead atoms. The molecular formula is C21H18N2O5. The Kier molecular flexibility index (Phi) is 4.49. The minimum absolute atomic E-state index is 0.193. The number of fused-ring (bicyclic) bond motifs is 1. The summed E-state index contributed by atoms with van der Waals surface area (Å²) in [6.07, 6.45) is 3.21. The van der Waals surface area contributed by atoms with Gasteiger partial charge in [0, 0.05) is 28.2 Å². The third-order valence-electron chi connectivity index (χ3n) is 4.46. The molecule has 0 saturated carbocycles. The van der Waals surface area contributed by atoms with Crippen molar-refractivity contribution in [2.45, 2.75) is 0 Å². The molecule has 2 aromatic heterocycles. The van der Waals surface area contributed by atoms with Crippen LogP contribution in [0.1, 0.15) is 16.1 Å². The molecule has 7 nitrogen and oxygen atoms in total. The van der Waals surface area contributed by atoms with Crippen LogP contribution in [0.25, 0.3) is 22.4 Å². The van der Waals surface area contributed by atoms with E-state index >= 15 is 0 Å². The van der Waals surface area contributed by atoms with Gasteiger partial charge in [-0.1, -0.05) is 0 Å². The first-order valence-corrected chi connectivity index (χ1v) is 8.52. The second-order valence-electron chi connectivity index (χ2n) is 6.06. The molecule has 2 heterocycles. The second kappa shape index (κ2) is 7.11. The van der Waals surface area contributed by atoms with Crippen molar-refractivity contribution in [1.29, 1.82) is 0 Å². The van der Waals surface area contributed by atoms with Gasteiger partial charge in [0.25, 0.3) is 0 Å². The molecule has 1 N–H and O–H groups in total. The molecule has 0 aliphatic rings. The molecular weight excluding hydrogens is 360 g/mol. The average molecular weight is 378 g/mol. The molecule has 0 spiro atoms. The van der Waals surface area contributed by atoms with Crippen molar-refractivity contribution in [3.8, 4) is 28.7 Å². The highest BCUT2D eigenvalue weighted by Crippen LogP contribution is 2.38. The number of oxazole rings is 1. The Morgan fingerprint density at radius 1 is 1.00 bits per heavy atom. The number of H-pyrrole nitrogens is 1. The van der Waals surface area contributed by atoms with Gasteiger partial charge in [0.05, 0.1) is 21.3 Å². The van der Waals surface area contributed by atoms with Crippen LogP contribution in [0.5, 0.6) is 17.2 Å². The van der Waals surface area contributed by atoms with Crippen LogP contribution in [0.15, 0.2) is 53.3 Å². The molecule has 28 heavy (non-hydrogen) atoms. The molecule has 0 atom stereocenters. The first-order valence-electron chi connectivity index (χ1n) is 8.52. The van der Waals surface area contributed by atoms with Gasteiger partial charge in [0.2, 0.25) is 17.4 Å². The van der Waals surface area contributed by atoms with Crippen molar-refractivity contribution < 1.29 is 23.4 Å². The Morgan fingerprint density at radius 2 is 1.75 bits per heavy atom. The minimum Gasteiger partial charge on any atom is -0.493 e. The van der Waals surface area contributed by atoms with Crippen molar-refractivity contribution in [2.24, 2.45) is 0 Å². The molecule has 4 rings (SSSR count). The predicted molar refractivity (Wildman–Crippen MR) is 103 cm³/mol. The number of aromatic nitrogens is 2. The zero-order chi connectivity index (χ0) is 19.7. The first kappa shape index (κ1) is 17.7. The second-order valence-corrected chi connectivity index (χ2v) is 6.06. The fourth-order valence-electron chi connectivity index (χ4n) is 3.06. The van der Waals surface area contributed by atoms with Crippen LogP contribution in [0.4, 0.5) is 0 Å². The van der Waals surface area contributed by atoms with E-state index in [4.69, 9.17) is 18.6 Å². The lowest BCUT2D eigenvalue weighted by Gasteiger charge is -2.13. The van der Waals surface area contributed by atoms with Crippen LogP contribution in [-0.4, -0.2) is 37.1 Å². The van der Waals surface area contributed by atoms with E-state index in [-0.39, 0.29) is 11.5 Å².